The van der Waals surface area contributed by atoms with Gasteiger partial charge in [0.05, 0.1) is 10.0 Å². The molecule has 2 aromatic rings. The van der Waals surface area contributed by atoms with Gasteiger partial charge in [-0.1, -0.05) is 42.3 Å². The highest BCUT2D eigenvalue weighted by Crippen LogP contribution is 2.25. The van der Waals surface area contributed by atoms with Crippen molar-refractivity contribution in [1.29, 1.82) is 0 Å². The van der Waals surface area contributed by atoms with Crippen LogP contribution in [0.15, 0.2) is 47.4 Å². The molecule has 2 rings (SSSR count). The molecule has 0 aliphatic heterocycles. The summed E-state index contributed by atoms with van der Waals surface area (Å²) in [5.74, 6) is 1.99. The van der Waals surface area contributed by atoms with E-state index in [-0.39, 0.29) is 0 Å². The number of ether oxygens (including phenoxy) is 1. The van der Waals surface area contributed by atoms with Crippen LogP contribution in [0.4, 0.5) is 0 Å². The van der Waals surface area contributed by atoms with Crippen molar-refractivity contribution in [2.45, 2.75) is 24.8 Å². The minimum absolute atomic E-state index is 0.485. The van der Waals surface area contributed by atoms with Crippen LogP contribution in [0.1, 0.15) is 18.9 Å². The third-order valence-electron chi connectivity index (χ3n) is 2.67. The number of thioether (sulfide) groups is 1. The first-order valence-electron chi connectivity index (χ1n) is 6.48. The van der Waals surface area contributed by atoms with Crippen molar-refractivity contribution in [2.24, 2.45) is 0 Å². The first-order chi connectivity index (χ1) is 9.69. The average molecular weight is 327 g/mol. The molecule has 1 nitrogen and oxygen atoms in total. The Labute approximate surface area is 134 Å². The molecular formula is C16H16Cl2OS. The van der Waals surface area contributed by atoms with Crippen LogP contribution in [0.5, 0.6) is 5.75 Å². The maximum absolute atomic E-state index is 5.99. The van der Waals surface area contributed by atoms with Gasteiger partial charge in [-0.25, -0.2) is 0 Å². The van der Waals surface area contributed by atoms with Crippen LogP contribution in [-0.4, -0.2) is 5.75 Å². The summed E-state index contributed by atoms with van der Waals surface area (Å²) in [5.41, 5.74) is 1.01. The fraction of sp³-hybridized carbons (Fsp3) is 0.250. The predicted octanol–water partition coefficient (Wildman–Crippen LogP) is 6.07. The van der Waals surface area contributed by atoms with Crippen molar-refractivity contribution in [3.63, 3.8) is 0 Å². The summed E-state index contributed by atoms with van der Waals surface area (Å²) in [6, 6.07) is 13.7. The molecule has 0 atom stereocenters. The Balaban J connectivity index is 1.97. The topological polar surface area (TPSA) is 9.23 Å². The third-order valence-corrected chi connectivity index (χ3v) is 4.61. The summed E-state index contributed by atoms with van der Waals surface area (Å²) >= 11 is 13.7. The molecule has 0 fully saturated rings. The van der Waals surface area contributed by atoms with Crippen LogP contribution >= 0.6 is 35.0 Å². The molecule has 0 saturated heterocycles. The highest BCUT2D eigenvalue weighted by atomic mass is 35.5. The Morgan fingerprint density at radius 3 is 2.65 bits per heavy atom. The van der Waals surface area contributed by atoms with Gasteiger partial charge >= 0.3 is 0 Å². The van der Waals surface area contributed by atoms with Gasteiger partial charge in [-0.15, -0.1) is 11.8 Å². The molecule has 20 heavy (non-hydrogen) atoms. The first-order valence-corrected chi connectivity index (χ1v) is 8.23. The Hall–Kier alpha value is -0.830. The van der Waals surface area contributed by atoms with E-state index in [9.17, 15) is 0 Å². The molecule has 0 aromatic heterocycles. The maximum Gasteiger partial charge on any atom is 0.120 e. The molecule has 2 aromatic carbocycles. The molecular weight excluding hydrogens is 311 g/mol. The van der Waals surface area contributed by atoms with E-state index in [1.54, 1.807) is 6.07 Å². The molecule has 0 unspecified atom stereocenters. The summed E-state index contributed by atoms with van der Waals surface area (Å²) in [4.78, 5) is 1.23. The van der Waals surface area contributed by atoms with Crippen molar-refractivity contribution in [3.8, 4) is 5.75 Å². The smallest absolute Gasteiger partial charge is 0.120 e. The van der Waals surface area contributed by atoms with Crippen LogP contribution in [0.2, 0.25) is 10.0 Å². The van der Waals surface area contributed by atoms with E-state index in [2.05, 4.69) is 19.1 Å². The zero-order chi connectivity index (χ0) is 14.4. The van der Waals surface area contributed by atoms with Crippen LogP contribution in [0.3, 0.4) is 0 Å². The normalized spacial score (nSPS) is 10.6. The Kier molecular flexibility index (Phi) is 6.08. The first kappa shape index (κ1) is 15.6. The van der Waals surface area contributed by atoms with Gasteiger partial charge in [0.1, 0.15) is 12.4 Å². The minimum Gasteiger partial charge on any atom is -0.489 e. The van der Waals surface area contributed by atoms with Crippen LogP contribution in [-0.2, 0) is 6.61 Å². The van der Waals surface area contributed by atoms with Crippen LogP contribution in [0, 0.1) is 0 Å². The summed E-state index contributed by atoms with van der Waals surface area (Å²) in [5, 5.41) is 1.12. The number of rotatable bonds is 6. The average Bonchev–Trinajstić information content (AvgIpc) is 2.47. The standard InChI is InChI=1S/C16H16Cl2OS/c1-2-8-20-14-5-3-4-13(10-14)19-11-12-6-7-15(17)16(18)9-12/h3-7,9-10H,2,8,11H2,1H3. The van der Waals surface area contributed by atoms with Gasteiger partial charge in [-0.2, -0.15) is 0 Å². The fourth-order valence-corrected chi connectivity index (χ4v) is 2.80. The molecule has 4 heteroatoms. The lowest BCUT2D eigenvalue weighted by Crippen LogP contribution is -1.95. The molecule has 0 spiro atoms. The number of halogens is 2. The monoisotopic (exact) mass is 326 g/mol. The second-order valence-corrected chi connectivity index (χ2v) is 6.34. The molecule has 106 valence electrons. The summed E-state index contributed by atoms with van der Waals surface area (Å²) in [7, 11) is 0. The molecule has 0 radical (unpaired) electrons. The molecule has 0 aliphatic rings. The lowest BCUT2D eigenvalue weighted by Gasteiger charge is -2.08. The highest BCUT2D eigenvalue weighted by Gasteiger charge is 2.02. The van der Waals surface area contributed by atoms with Gasteiger partial charge in [0.25, 0.3) is 0 Å². The van der Waals surface area contributed by atoms with Crippen molar-refractivity contribution in [3.05, 3.63) is 58.1 Å². The van der Waals surface area contributed by atoms with E-state index < -0.39 is 0 Å². The molecule has 0 N–H and O–H groups in total. The lowest BCUT2D eigenvalue weighted by molar-refractivity contribution is 0.305. The van der Waals surface area contributed by atoms with Gasteiger partial charge in [0.15, 0.2) is 0 Å². The fourth-order valence-electron chi connectivity index (χ4n) is 1.67. The van der Waals surface area contributed by atoms with Gasteiger partial charge in [-0.05, 0) is 48.1 Å². The lowest BCUT2D eigenvalue weighted by atomic mass is 10.2. The minimum atomic E-state index is 0.485. The molecule has 0 aliphatic carbocycles. The van der Waals surface area contributed by atoms with E-state index >= 15 is 0 Å². The molecule has 0 bridgehead atoms. The van der Waals surface area contributed by atoms with E-state index in [4.69, 9.17) is 27.9 Å². The van der Waals surface area contributed by atoms with Gasteiger partial charge in [-0.3, -0.25) is 0 Å². The number of hydrogen-bond donors (Lipinski definition) is 0. The van der Waals surface area contributed by atoms with Gasteiger partial charge in [0, 0.05) is 4.90 Å². The largest absolute Gasteiger partial charge is 0.489 e. The van der Waals surface area contributed by atoms with E-state index in [1.165, 1.54) is 11.3 Å². The summed E-state index contributed by atoms with van der Waals surface area (Å²) < 4.78 is 5.79. The van der Waals surface area contributed by atoms with Gasteiger partial charge in [0.2, 0.25) is 0 Å². The second-order valence-electron chi connectivity index (χ2n) is 4.36. The zero-order valence-corrected chi connectivity index (χ0v) is 13.6. The predicted molar refractivity (Wildman–Crippen MR) is 88.3 cm³/mol. The maximum atomic E-state index is 5.99. The van der Waals surface area contributed by atoms with Crippen molar-refractivity contribution < 1.29 is 4.74 Å². The SMILES string of the molecule is CCCSc1cccc(OCc2ccc(Cl)c(Cl)c2)c1. The van der Waals surface area contributed by atoms with Crippen molar-refractivity contribution in [2.75, 3.05) is 5.75 Å². The quantitative estimate of drug-likeness (QED) is 0.595. The van der Waals surface area contributed by atoms with Crippen LogP contribution in [0.25, 0.3) is 0 Å². The Morgan fingerprint density at radius 1 is 1.05 bits per heavy atom. The molecule has 0 amide bonds. The number of benzene rings is 2. The zero-order valence-electron chi connectivity index (χ0n) is 11.2. The Morgan fingerprint density at radius 2 is 1.90 bits per heavy atom. The molecule has 0 heterocycles. The summed E-state index contributed by atoms with van der Waals surface area (Å²) in [6.45, 7) is 2.66. The molecule has 0 saturated carbocycles. The summed E-state index contributed by atoms with van der Waals surface area (Å²) in [6.07, 6.45) is 1.17. The highest BCUT2D eigenvalue weighted by molar-refractivity contribution is 7.99. The van der Waals surface area contributed by atoms with E-state index in [1.807, 2.05) is 36.0 Å². The third kappa shape index (κ3) is 4.62. The van der Waals surface area contributed by atoms with Crippen molar-refractivity contribution >= 4 is 35.0 Å². The van der Waals surface area contributed by atoms with Crippen molar-refractivity contribution in [1.82, 2.24) is 0 Å². The van der Waals surface area contributed by atoms with E-state index in [0.29, 0.717) is 16.7 Å². The van der Waals surface area contributed by atoms with E-state index in [0.717, 1.165) is 17.1 Å². The van der Waals surface area contributed by atoms with Gasteiger partial charge < -0.3 is 4.74 Å². The number of hydrogen-bond acceptors (Lipinski definition) is 2. The Bertz CT molecular complexity index is 572. The van der Waals surface area contributed by atoms with Crippen LogP contribution < -0.4 is 4.74 Å². The second kappa shape index (κ2) is 7.82.